The van der Waals surface area contributed by atoms with Crippen LogP contribution in [0.25, 0.3) is 11.5 Å². The van der Waals surface area contributed by atoms with Crippen LogP contribution in [0.15, 0.2) is 28.9 Å². The van der Waals surface area contributed by atoms with Gasteiger partial charge in [-0.15, -0.1) is 0 Å². The molecule has 1 aromatic carbocycles. The molecule has 0 bridgehead atoms. The lowest BCUT2D eigenvalue weighted by molar-refractivity contribution is 0.0943. The van der Waals surface area contributed by atoms with E-state index < -0.39 is 0 Å². The summed E-state index contributed by atoms with van der Waals surface area (Å²) < 4.78 is 10.2. The Bertz CT molecular complexity index is 628. The molecule has 112 valence electrons. The van der Waals surface area contributed by atoms with Crippen LogP contribution >= 0.6 is 23.2 Å². The van der Waals surface area contributed by atoms with Crippen molar-refractivity contribution < 1.29 is 13.9 Å². The van der Waals surface area contributed by atoms with Crippen molar-refractivity contribution in [1.29, 1.82) is 0 Å². The summed E-state index contributed by atoms with van der Waals surface area (Å²) in [4.78, 5) is 16.0. The molecule has 1 N–H and O–H groups in total. The monoisotopic (exact) mass is 328 g/mol. The highest BCUT2D eigenvalue weighted by Gasteiger charge is 2.13. The van der Waals surface area contributed by atoms with Gasteiger partial charge in [0.15, 0.2) is 5.69 Å². The van der Waals surface area contributed by atoms with E-state index in [1.165, 1.54) is 6.26 Å². The summed E-state index contributed by atoms with van der Waals surface area (Å²) in [5.74, 6) is 0.0248. The maximum Gasteiger partial charge on any atom is 0.273 e. The van der Waals surface area contributed by atoms with Gasteiger partial charge >= 0.3 is 0 Å². The first-order valence-corrected chi connectivity index (χ1v) is 7.05. The number of nitrogens with zero attached hydrogens (tertiary/aromatic N) is 1. The third-order valence-corrected chi connectivity index (χ3v) is 3.45. The van der Waals surface area contributed by atoms with Crippen LogP contribution in [0.5, 0.6) is 0 Å². The molecule has 0 saturated heterocycles. The molecular weight excluding hydrogens is 315 g/mol. The number of methoxy groups -OCH3 is 1. The van der Waals surface area contributed by atoms with Gasteiger partial charge in [0.1, 0.15) is 6.26 Å². The fraction of sp³-hybridized carbons (Fsp3) is 0.286. The Labute approximate surface area is 132 Å². The van der Waals surface area contributed by atoms with Gasteiger partial charge in [-0.25, -0.2) is 4.98 Å². The second-order valence-electron chi connectivity index (χ2n) is 4.27. The summed E-state index contributed by atoms with van der Waals surface area (Å²) in [6.45, 7) is 1.11. The van der Waals surface area contributed by atoms with E-state index in [0.29, 0.717) is 34.7 Å². The molecule has 0 radical (unpaired) electrons. The molecule has 1 heterocycles. The van der Waals surface area contributed by atoms with Crippen molar-refractivity contribution in [1.82, 2.24) is 10.3 Å². The van der Waals surface area contributed by atoms with Gasteiger partial charge in [0, 0.05) is 25.8 Å². The Kier molecular flexibility index (Phi) is 5.61. The SMILES string of the molecule is COCCCNC(=O)c1coc(-c2ccc(Cl)c(Cl)c2)n1. The molecule has 0 aliphatic carbocycles. The van der Waals surface area contributed by atoms with Crippen molar-refractivity contribution >= 4 is 29.1 Å². The van der Waals surface area contributed by atoms with Crippen molar-refractivity contribution in [2.24, 2.45) is 0 Å². The molecule has 2 aromatic rings. The standard InChI is InChI=1S/C14H14Cl2N2O3/c1-20-6-2-5-17-13(19)12-8-21-14(18-12)9-3-4-10(15)11(16)7-9/h3-4,7-8H,2,5-6H2,1H3,(H,17,19). The third-order valence-electron chi connectivity index (χ3n) is 2.71. The predicted octanol–water partition coefficient (Wildman–Crippen LogP) is 3.41. The first-order chi connectivity index (χ1) is 10.1. The van der Waals surface area contributed by atoms with Gasteiger partial charge in [0.05, 0.1) is 10.0 Å². The fourth-order valence-corrected chi connectivity index (χ4v) is 1.95. The van der Waals surface area contributed by atoms with E-state index in [0.717, 1.165) is 6.42 Å². The van der Waals surface area contributed by atoms with E-state index in [2.05, 4.69) is 10.3 Å². The minimum absolute atomic E-state index is 0.216. The van der Waals surface area contributed by atoms with Crippen LogP contribution in [0.3, 0.4) is 0 Å². The van der Waals surface area contributed by atoms with Crippen molar-refractivity contribution in [3.8, 4) is 11.5 Å². The quantitative estimate of drug-likeness (QED) is 0.825. The second kappa shape index (κ2) is 7.45. The summed E-state index contributed by atoms with van der Waals surface area (Å²) in [5, 5.41) is 3.58. The van der Waals surface area contributed by atoms with Gasteiger partial charge in [-0.05, 0) is 24.6 Å². The number of ether oxygens (including phenoxy) is 1. The molecule has 0 saturated carbocycles. The van der Waals surface area contributed by atoms with Gasteiger partial charge < -0.3 is 14.5 Å². The maximum absolute atomic E-state index is 11.9. The lowest BCUT2D eigenvalue weighted by atomic mass is 10.2. The van der Waals surface area contributed by atoms with Crippen molar-refractivity contribution in [2.75, 3.05) is 20.3 Å². The van der Waals surface area contributed by atoms with E-state index in [9.17, 15) is 4.79 Å². The smallest absolute Gasteiger partial charge is 0.273 e. The molecular formula is C14H14Cl2N2O3. The highest BCUT2D eigenvalue weighted by Crippen LogP contribution is 2.28. The summed E-state index contributed by atoms with van der Waals surface area (Å²) in [5.41, 5.74) is 0.872. The van der Waals surface area contributed by atoms with Gasteiger partial charge in [-0.3, -0.25) is 4.79 Å². The van der Waals surface area contributed by atoms with Gasteiger partial charge in [-0.2, -0.15) is 0 Å². The number of hydrogen-bond acceptors (Lipinski definition) is 4. The van der Waals surface area contributed by atoms with Crippen LogP contribution < -0.4 is 5.32 Å². The van der Waals surface area contributed by atoms with Crippen LogP contribution in [0.4, 0.5) is 0 Å². The van der Waals surface area contributed by atoms with Gasteiger partial charge in [0.2, 0.25) is 5.89 Å². The number of carbonyl (C=O) groups is 1. The molecule has 7 heteroatoms. The minimum atomic E-state index is -0.291. The van der Waals surface area contributed by atoms with Crippen molar-refractivity contribution in [3.63, 3.8) is 0 Å². The average Bonchev–Trinajstić information content (AvgIpc) is 2.96. The molecule has 0 fully saturated rings. The van der Waals surface area contributed by atoms with Crippen LogP contribution in [0.2, 0.25) is 10.0 Å². The molecule has 0 aliphatic rings. The zero-order valence-corrected chi connectivity index (χ0v) is 12.9. The van der Waals surface area contributed by atoms with E-state index in [1.807, 2.05) is 0 Å². The summed E-state index contributed by atoms with van der Waals surface area (Å²) in [6, 6.07) is 5.00. The van der Waals surface area contributed by atoms with E-state index in [1.54, 1.807) is 25.3 Å². The molecule has 21 heavy (non-hydrogen) atoms. The molecule has 0 unspecified atom stereocenters. The Morgan fingerprint density at radius 3 is 2.90 bits per heavy atom. The Balaban J connectivity index is 2.03. The first-order valence-electron chi connectivity index (χ1n) is 6.30. The zero-order chi connectivity index (χ0) is 15.2. The number of carbonyl (C=O) groups excluding carboxylic acids is 1. The zero-order valence-electron chi connectivity index (χ0n) is 11.4. The summed E-state index contributed by atoms with van der Waals surface area (Å²) in [7, 11) is 1.61. The molecule has 0 atom stereocenters. The average molecular weight is 329 g/mol. The first kappa shape index (κ1) is 15.8. The molecule has 2 rings (SSSR count). The fourth-order valence-electron chi connectivity index (χ4n) is 1.65. The maximum atomic E-state index is 11.9. The van der Waals surface area contributed by atoms with Gasteiger partial charge in [0.25, 0.3) is 5.91 Å². The predicted molar refractivity (Wildman–Crippen MR) is 80.8 cm³/mol. The number of aromatic nitrogens is 1. The van der Waals surface area contributed by atoms with Gasteiger partial charge in [-0.1, -0.05) is 23.2 Å². The highest BCUT2D eigenvalue weighted by molar-refractivity contribution is 6.42. The second-order valence-corrected chi connectivity index (χ2v) is 5.08. The van der Waals surface area contributed by atoms with E-state index in [-0.39, 0.29) is 11.6 Å². The molecule has 0 aliphatic heterocycles. The summed E-state index contributed by atoms with van der Waals surface area (Å²) in [6.07, 6.45) is 2.04. The lowest BCUT2D eigenvalue weighted by Gasteiger charge is -2.01. The van der Waals surface area contributed by atoms with Crippen molar-refractivity contribution in [2.45, 2.75) is 6.42 Å². The van der Waals surface area contributed by atoms with Crippen LogP contribution in [0.1, 0.15) is 16.9 Å². The van der Waals surface area contributed by atoms with Crippen LogP contribution in [-0.2, 0) is 4.74 Å². The van der Waals surface area contributed by atoms with E-state index >= 15 is 0 Å². The number of rotatable bonds is 6. The van der Waals surface area contributed by atoms with Crippen LogP contribution in [0, 0.1) is 0 Å². The van der Waals surface area contributed by atoms with Crippen LogP contribution in [-0.4, -0.2) is 31.2 Å². The Hall–Kier alpha value is -1.56. The molecule has 1 amide bonds. The molecule has 5 nitrogen and oxygen atoms in total. The number of benzene rings is 1. The topological polar surface area (TPSA) is 64.4 Å². The van der Waals surface area contributed by atoms with E-state index in [4.69, 9.17) is 32.4 Å². The molecule has 0 spiro atoms. The minimum Gasteiger partial charge on any atom is -0.444 e. The van der Waals surface area contributed by atoms with Crippen molar-refractivity contribution in [3.05, 3.63) is 40.2 Å². The number of oxazole rings is 1. The summed E-state index contributed by atoms with van der Waals surface area (Å²) >= 11 is 11.8. The third kappa shape index (κ3) is 4.20. The normalized spacial score (nSPS) is 10.6. The number of amides is 1. The largest absolute Gasteiger partial charge is 0.444 e. The number of hydrogen-bond donors (Lipinski definition) is 1. The Morgan fingerprint density at radius 2 is 2.19 bits per heavy atom. The molecule has 1 aromatic heterocycles. The lowest BCUT2D eigenvalue weighted by Crippen LogP contribution is -2.25. The highest BCUT2D eigenvalue weighted by atomic mass is 35.5. The Morgan fingerprint density at radius 1 is 1.38 bits per heavy atom. The number of halogens is 2. The number of nitrogens with one attached hydrogen (secondary N) is 1.